The number of rotatable bonds is 14. The Hall–Kier alpha value is -4.70. The Morgan fingerprint density at radius 1 is 0.851 bits per heavy atom. The molecular formula is C37H40FN3O5S. The second-order valence-corrected chi connectivity index (χ2v) is 13.5. The first-order valence-corrected chi connectivity index (χ1v) is 17.4. The van der Waals surface area contributed by atoms with Crippen molar-refractivity contribution in [2.45, 2.75) is 62.6 Å². The first-order valence-electron chi connectivity index (χ1n) is 15.9. The van der Waals surface area contributed by atoms with E-state index in [4.69, 9.17) is 4.74 Å². The van der Waals surface area contributed by atoms with E-state index in [1.165, 1.54) is 29.2 Å². The van der Waals surface area contributed by atoms with Crippen LogP contribution in [-0.4, -0.2) is 50.4 Å². The highest BCUT2D eigenvalue weighted by atomic mass is 32.2. The van der Waals surface area contributed by atoms with E-state index in [9.17, 15) is 22.4 Å². The fraction of sp³-hybridized carbons (Fsp3) is 0.297. The van der Waals surface area contributed by atoms with Crippen LogP contribution < -0.4 is 14.4 Å². The number of nitrogens with one attached hydrogen (secondary N) is 1. The molecule has 1 atom stereocenters. The molecule has 1 aliphatic carbocycles. The highest BCUT2D eigenvalue weighted by Gasteiger charge is 2.35. The lowest BCUT2D eigenvalue weighted by atomic mass is 10.0. The molecule has 0 spiro atoms. The van der Waals surface area contributed by atoms with Crippen molar-refractivity contribution < 1.29 is 27.1 Å². The van der Waals surface area contributed by atoms with Gasteiger partial charge < -0.3 is 15.0 Å². The number of halogens is 1. The van der Waals surface area contributed by atoms with E-state index in [1.807, 2.05) is 37.3 Å². The third kappa shape index (κ3) is 8.77. The summed E-state index contributed by atoms with van der Waals surface area (Å²) in [5, 5.41) is 3.15. The van der Waals surface area contributed by atoms with Gasteiger partial charge in [-0.15, -0.1) is 0 Å². The van der Waals surface area contributed by atoms with Gasteiger partial charge in [0.25, 0.3) is 10.0 Å². The van der Waals surface area contributed by atoms with E-state index in [0.717, 1.165) is 35.6 Å². The molecule has 0 aliphatic heterocycles. The van der Waals surface area contributed by atoms with E-state index in [1.54, 1.807) is 54.6 Å². The van der Waals surface area contributed by atoms with Crippen LogP contribution in [0, 0.1) is 5.82 Å². The summed E-state index contributed by atoms with van der Waals surface area (Å²) >= 11 is 0. The van der Waals surface area contributed by atoms with E-state index >= 15 is 0 Å². The zero-order chi connectivity index (χ0) is 33.2. The number of ether oxygens (including phenoxy) is 1. The summed E-state index contributed by atoms with van der Waals surface area (Å²) in [6, 6.07) is 28.6. The minimum Gasteiger partial charge on any atom is -0.494 e. The van der Waals surface area contributed by atoms with Crippen LogP contribution in [0.3, 0.4) is 0 Å². The number of sulfonamides is 1. The average molecular weight is 658 g/mol. The van der Waals surface area contributed by atoms with Crippen molar-refractivity contribution in [3.63, 3.8) is 0 Å². The molecule has 1 unspecified atom stereocenters. The van der Waals surface area contributed by atoms with Crippen LogP contribution >= 0.6 is 0 Å². The Morgan fingerprint density at radius 3 is 2.09 bits per heavy atom. The highest BCUT2D eigenvalue weighted by molar-refractivity contribution is 7.92. The number of hydrogen-bond acceptors (Lipinski definition) is 5. The topological polar surface area (TPSA) is 96.0 Å². The molecule has 4 aromatic rings. The number of nitrogens with zero attached hydrogens (tertiary/aromatic N) is 2. The van der Waals surface area contributed by atoms with Gasteiger partial charge in [0.15, 0.2) is 0 Å². The van der Waals surface area contributed by atoms with Gasteiger partial charge in [-0.2, -0.15) is 0 Å². The zero-order valence-corrected chi connectivity index (χ0v) is 27.2. The summed E-state index contributed by atoms with van der Waals surface area (Å²) in [6.45, 7) is 1.67. The minimum atomic E-state index is -4.24. The molecular weight excluding hydrogens is 617 g/mol. The van der Waals surface area contributed by atoms with Crippen LogP contribution in [0.5, 0.6) is 5.75 Å². The number of hydrogen-bond donors (Lipinski definition) is 1. The SMILES string of the molecule is CCOc1ccc(S(=O)(=O)N(CC(=O)N(Cc2ccc(F)cc2)C(Cc2ccccc2)C(=O)NC2CCCC2)c2ccccc2)cc1. The molecule has 10 heteroatoms. The second kappa shape index (κ2) is 15.7. The molecule has 47 heavy (non-hydrogen) atoms. The molecule has 1 fully saturated rings. The maximum Gasteiger partial charge on any atom is 0.264 e. The van der Waals surface area contributed by atoms with Gasteiger partial charge in [0.2, 0.25) is 11.8 Å². The molecule has 0 radical (unpaired) electrons. The summed E-state index contributed by atoms with van der Waals surface area (Å²) in [4.78, 5) is 30.0. The lowest BCUT2D eigenvalue weighted by molar-refractivity contribution is -0.140. The van der Waals surface area contributed by atoms with Crippen LogP contribution in [0.2, 0.25) is 0 Å². The lowest BCUT2D eigenvalue weighted by Gasteiger charge is -2.34. The standard InChI is InChI=1S/C37H40FN3O5S/c1-2-46-33-21-23-34(24-22-33)47(44,45)41(32-15-7-4-8-16-32)27-36(42)40(26-29-17-19-30(38)20-18-29)35(25-28-11-5-3-6-12-28)37(43)39-31-13-9-10-14-31/h3-8,11-12,15-24,31,35H,2,9-10,13-14,25-27H2,1H3,(H,39,43). The number of para-hydroxylation sites is 1. The number of anilines is 1. The smallest absolute Gasteiger partial charge is 0.264 e. The quantitative estimate of drug-likeness (QED) is 0.176. The van der Waals surface area contributed by atoms with Crippen molar-refractivity contribution in [2.75, 3.05) is 17.5 Å². The number of amides is 2. The van der Waals surface area contributed by atoms with Gasteiger partial charge in [-0.25, -0.2) is 12.8 Å². The summed E-state index contributed by atoms with van der Waals surface area (Å²) in [7, 11) is -4.24. The molecule has 1 aliphatic rings. The van der Waals surface area contributed by atoms with Gasteiger partial charge in [-0.3, -0.25) is 13.9 Å². The van der Waals surface area contributed by atoms with Crippen molar-refractivity contribution in [1.82, 2.24) is 10.2 Å². The molecule has 0 saturated heterocycles. The molecule has 1 saturated carbocycles. The molecule has 4 aromatic carbocycles. The lowest BCUT2D eigenvalue weighted by Crippen LogP contribution is -2.54. The summed E-state index contributed by atoms with van der Waals surface area (Å²) in [6.07, 6.45) is 3.96. The Bertz CT molecular complexity index is 1710. The predicted octanol–water partition coefficient (Wildman–Crippen LogP) is 6.12. The summed E-state index contributed by atoms with van der Waals surface area (Å²) in [5.41, 5.74) is 1.75. The van der Waals surface area contributed by atoms with Crippen molar-refractivity contribution in [3.8, 4) is 5.75 Å². The first-order chi connectivity index (χ1) is 22.7. The van der Waals surface area contributed by atoms with Gasteiger partial charge in [-0.1, -0.05) is 73.5 Å². The van der Waals surface area contributed by atoms with Gasteiger partial charge in [0.05, 0.1) is 17.2 Å². The molecule has 5 rings (SSSR count). The monoisotopic (exact) mass is 657 g/mol. The predicted molar refractivity (Wildman–Crippen MR) is 180 cm³/mol. The molecule has 0 bridgehead atoms. The molecule has 8 nitrogen and oxygen atoms in total. The van der Waals surface area contributed by atoms with Crippen molar-refractivity contribution in [1.29, 1.82) is 0 Å². The zero-order valence-electron chi connectivity index (χ0n) is 26.4. The normalized spacial score (nSPS) is 13.9. The third-order valence-electron chi connectivity index (χ3n) is 8.28. The maximum atomic E-state index is 14.5. The Morgan fingerprint density at radius 2 is 1.47 bits per heavy atom. The molecule has 0 aromatic heterocycles. The van der Waals surface area contributed by atoms with E-state index in [-0.39, 0.29) is 29.8 Å². The van der Waals surface area contributed by atoms with Crippen LogP contribution in [-0.2, 0) is 32.6 Å². The fourth-order valence-electron chi connectivity index (χ4n) is 5.83. The number of benzene rings is 4. The number of carbonyl (C=O) groups excluding carboxylic acids is 2. The molecule has 246 valence electrons. The maximum absolute atomic E-state index is 14.5. The molecule has 0 heterocycles. The van der Waals surface area contributed by atoms with Gasteiger partial charge in [0.1, 0.15) is 24.2 Å². The second-order valence-electron chi connectivity index (χ2n) is 11.6. The van der Waals surface area contributed by atoms with Crippen molar-refractivity contribution >= 4 is 27.5 Å². The molecule has 2 amide bonds. The van der Waals surface area contributed by atoms with E-state index in [2.05, 4.69) is 5.32 Å². The van der Waals surface area contributed by atoms with Crippen LogP contribution in [0.1, 0.15) is 43.7 Å². The highest BCUT2D eigenvalue weighted by Crippen LogP contribution is 2.27. The minimum absolute atomic E-state index is 0.00408. The first kappa shape index (κ1) is 33.7. The molecule has 1 N–H and O–H groups in total. The van der Waals surface area contributed by atoms with Crippen molar-refractivity contribution in [3.05, 3.63) is 126 Å². The Kier molecular flexibility index (Phi) is 11.3. The van der Waals surface area contributed by atoms with E-state index < -0.39 is 34.3 Å². The van der Waals surface area contributed by atoms with Gasteiger partial charge in [-0.05, 0) is 79.4 Å². The average Bonchev–Trinajstić information content (AvgIpc) is 3.60. The third-order valence-corrected chi connectivity index (χ3v) is 10.1. The Labute approximate surface area is 276 Å². The van der Waals surface area contributed by atoms with Crippen LogP contribution in [0.25, 0.3) is 0 Å². The summed E-state index contributed by atoms with van der Waals surface area (Å²) < 4.78 is 48.8. The number of carbonyl (C=O) groups is 2. The van der Waals surface area contributed by atoms with Crippen LogP contribution in [0.4, 0.5) is 10.1 Å². The van der Waals surface area contributed by atoms with Gasteiger partial charge >= 0.3 is 0 Å². The van der Waals surface area contributed by atoms with E-state index in [0.29, 0.717) is 23.6 Å². The fourth-order valence-corrected chi connectivity index (χ4v) is 7.25. The van der Waals surface area contributed by atoms with Crippen molar-refractivity contribution in [2.24, 2.45) is 0 Å². The van der Waals surface area contributed by atoms with Gasteiger partial charge in [0, 0.05) is 19.0 Å². The largest absolute Gasteiger partial charge is 0.494 e. The van der Waals surface area contributed by atoms with Crippen LogP contribution in [0.15, 0.2) is 114 Å². The Balaban J connectivity index is 1.53. The summed E-state index contributed by atoms with van der Waals surface area (Å²) in [5.74, 6) is -0.786.